The summed E-state index contributed by atoms with van der Waals surface area (Å²) in [6.45, 7) is 4.50. The van der Waals surface area contributed by atoms with Crippen LogP contribution in [0.3, 0.4) is 0 Å². The number of rotatable bonds is 3. The largest absolute Gasteiger partial charge is 0.508 e. The summed E-state index contributed by atoms with van der Waals surface area (Å²) < 4.78 is 0. The number of hydrogen-bond donors (Lipinski definition) is 2. The van der Waals surface area contributed by atoms with Crippen molar-refractivity contribution in [3.8, 4) is 5.75 Å². The molecule has 128 valence electrons. The fourth-order valence-corrected chi connectivity index (χ4v) is 4.63. The molecule has 24 heavy (non-hydrogen) atoms. The lowest BCUT2D eigenvalue weighted by molar-refractivity contribution is 0.103. The zero-order chi connectivity index (χ0) is 16.4. The zero-order valence-electron chi connectivity index (χ0n) is 14.4. The molecule has 0 spiro atoms. The van der Waals surface area contributed by atoms with E-state index in [9.17, 15) is 5.11 Å². The predicted octanol–water partition coefficient (Wildman–Crippen LogP) is 4.07. The van der Waals surface area contributed by atoms with Crippen LogP contribution in [0.15, 0.2) is 36.4 Å². The maximum absolute atomic E-state index is 9.70. The van der Waals surface area contributed by atoms with Crippen molar-refractivity contribution in [3.63, 3.8) is 0 Å². The number of hydrogen-bond acceptors (Lipinski definition) is 3. The van der Waals surface area contributed by atoms with Crippen molar-refractivity contribution in [2.24, 2.45) is 5.92 Å². The van der Waals surface area contributed by atoms with Gasteiger partial charge in [0.1, 0.15) is 5.75 Å². The third kappa shape index (κ3) is 3.28. The van der Waals surface area contributed by atoms with Gasteiger partial charge in [-0.05, 0) is 53.3 Å². The van der Waals surface area contributed by atoms with E-state index >= 15 is 0 Å². The van der Waals surface area contributed by atoms with Crippen molar-refractivity contribution in [3.05, 3.63) is 42.0 Å². The Bertz CT molecular complexity index is 669. The number of aromatic hydroxyl groups is 1. The summed E-state index contributed by atoms with van der Waals surface area (Å²) in [4.78, 5) is 2.70. The highest BCUT2D eigenvalue weighted by Gasteiger charge is 2.30. The van der Waals surface area contributed by atoms with Gasteiger partial charge in [-0.3, -0.25) is 4.90 Å². The van der Waals surface area contributed by atoms with Crippen molar-refractivity contribution in [1.29, 1.82) is 0 Å². The second-order valence-electron chi connectivity index (χ2n) is 7.42. The van der Waals surface area contributed by atoms with Crippen LogP contribution in [0.4, 0.5) is 0 Å². The Morgan fingerprint density at radius 3 is 2.42 bits per heavy atom. The van der Waals surface area contributed by atoms with Gasteiger partial charge in [0.25, 0.3) is 0 Å². The second kappa shape index (κ2) is 7.12. The van der Waals surface area contributed by atoms with Gasteiger partial charge < -0.3 is 10.4 Å². The molecule has 0 radical (unpaired) electrons. The molecule has 2 aromatic carbocycles. The number of fused-ring (bicyclic) bond motifs is 1. The molecule has 1 heterocycles. The highest BCUT2D eigenvalue weighted by molar-refractivity contribution is 5.84. The minimum atomic E-state index is 0.348. The summed E-state index contributed by atoms with van der Waals surface area (Å²) in [5.74, 6) is 1.13. The lowest BCUT2D eigenvalue weighted by Gasteiger charge is -2.41. The summed E-state index contributed by atoms with van der Waals surface area (Å²) in [7, 11) is 0. The Balaban J connectivity index is 1.69. The third-order valence-electron chi connectivity index (χ3n) is 5.83. The van der Waals surface area contributed by atoms with E-state index in [1.165, 1.54) is 43.1 Å². The molecular weight excluding hydrogens is 296 g/mol. The van der Waals surface area contributed by atoms with Gasteiger partial charge in [0.05, 0.1) is 0 Å². The molecule has 1 saturated carbocycles. The average Bonchev–Trinajstić information content (AvgIpc) is 2.64. The molecule has 2 aliphatic rings. The first-order valence-corrected chi connectivity index (χ1v) is 9.49. The third-order valence-corrected chi connectivity index (χ3v) is 5.83. The van der Waals surface area contributed by atoms with Gasteiger partial charge in [0, 0.05) is 32.2 Å². The molecule has 2 aromatic rings. The first-order valence-electron chi connectivity index (χ1n) is 9.49. The Labute approximate surface area is 144 Å². The SMILES string of the molecule is Oc1ccc2cc([C@H](C3CCCCC3)N3CCNCC3)ccc2c1. The monoisotopic (exact) mass is 324 g/mol. The van der Waals surface area contributed by atoms with E-state index in [2.05, 4.69) is 28.4 Å². The molecular formula is C21H28N2O. The molecule has 2 N–H and O–H groups in total. The van der Waals surface area contributed by atoms with Crippen LogP contribution in [0.1, 0.15) is 43.7 Å². The van der Waals surface area contributed by atoms with Crippen LogP contribution in [0.25, 0.3) is 10.8 Å². The Kier molecular flexibility index (Phi) is 4.72. The number of nitrogens with one attached hydrogen (secondary N) is 1. The van der Waals surface area contributed by atoms with E-state index in [0.29, 0.717) is 11.8 Å². The van der Waals surface area contributed by atoms with Gasteiger partial charge in [-0.15, -0.1) is 0 Å². The molecule has 1 saturated heterocycles. The van der Waals surface area contributed by atoms with Crippen LogP contribution >= 0.6 is 0 Å². The van der Waals surface area contributed by atoms with Crippen molar-refractivity contribution in [2.75, 3.05) is 26.2 Å². The fraction of sp³-hybridized carbons (Fsp3) is 0.524. The van der Waals surface area contributed by atoms with Crippen molar-refractivity contribution < 1.29 is 5.11 Å². The van der Waals surface area contributed by atoms with E-state index in [-0.39, 0.29) is 0 Å². The molecule has 0 aromatic heterocycles. The molecule has 1 aliphatic carbocycles. The molecule has 0 amide bonds. The average molecular weight is 324 g/mol. The Morgan fingerprint density at radius 1 is 0.917 bits per heavy atom. The van der Waals surface area contributed by atoms with E-state index in [1.807, 2.05) is 12.1 Å². The summed E-state index contributed by atoms with van der Waals surface area (Å²) in [6, 6.07) is 13.1. The normalized spacial score (nSPS) is 21.8. The van der Waals surface area contributed by atoms with Gasteiger partial charge in [-0.2, -0.15) is 0 Å². The maximum Gasteiger partial charge on any atom is 0.116 e. The Hall–Kier alpha value is -1.58. The topological polar surface area (TPSA) is 35.5 Å². The molecule has 2 fully saturated rings. The summed E-state index contributed by atoms with van der Waals surface area (Å²) >= 11 is 0. The van der Waals surface area contributed by atoms with E-state index in [0.717, 1.165) is 37.5 Å². The van der Waals surface area contributed by atoms with Crippen LogP contribution in [-0.2, 0) is 0 Å². The second-order valence-corrected chi connectivity index (χ2v) is 7.42. The van der Waals surface area contributed by atoms with Gasteiger partial charge in [0.2, 0.25) is 0 Å². The standard InChI is InChI=1S/C21H28N2O/c24-20-9-8-17-14-19(7-6-18(17)15-20)21(16-4-2-1-3-5-16)23-12-10-22-11-13-23/h6-9,14-16,21-22,24H,1-5,10-13H2/t21-/m0/s1. The van der Waals surface area contributed by atoms with Crippen molar-refractivity contribution in [1.82, 2.24) is 10.2 Å². The van der Waals surface area contributed by atoms with E-state index in [1.54, 1.807) is 6.07 Å². The number of phenols is 1. The quantitative estimate of drug-likeness (QED) is 0.893. The van der Waals surface area contributed by atoms with Gasteiger partial charge >= 0.3 is 0 Å². The van der Waals surface area contributed by atoms with Gasteiger partial charge in [0.15, 0.2) is 0 Å². The highest BCUT2D eigenvalue weighted by Crippen LogP contribution is 2.39. The summed E-state index contributed by atoms with van der Waals surface area (Å²) in [5, 5.41) is 15.6. The number of phenolic OH excluding ortho intramolecular Hbond substituents is 1. The molecule has 3 heteroatoms. The molecule has 1 atom stereocenters. The van der Waals surface area contributed by atoms with Gasteiger partial charge in [-0.25, -0.2) is 0 Å². The van der Waals surface area contributed by atoms with Crippen molar-refractivity contribution in [2.45, 2.75) is 38.1 Å². The molecule has 0 bridgehead atoms. The lowest BCUT2D eigenvalue weighted by Crippen LogP contribution is -2.47. The number of benzene rings is 2. The first-order chi connectivity index (χ1) is 11.8. The molecule has 1 aliphatic heterocycles. The smallest absolute Gasteiger partial charge is 0.116 e. The summed E-state index contributed by atoms with van der Waals surface area (Å²) in [5.41, 5.74) is 1.46. The lowest BCUT2D eigenvalue weighted by atomic mass is 9.80. The minimum absolute atomic E-state index is 0.348. The van der Waals surface area contributed by atoms with Crippen LogP contribution in [-0.4, -0.2) is 36.2 Å². The number of piperazine rings is 1. The van der Waals surface area contributed by atoms with Crippen LogP contribution in [0.5, 0.6) is 5.75 Å². The van der Waals surface area contributed by atoms with E-state index in [4.69, 9.17) is 0 Å². The van der Waals surface area contributed by atoms with Crippen LogP contribution in [0.2, 0.25) is 0 Å². The van der Waals surface area contributed by atoms with Crippen LogP contribution in [0, 0.1) is 5.92 Å². The van der Waals surface area contributed by atoms with Crippen LogP contribution < -0.4 is 5.32 Å². The molecule has 4 rings (SSSR count). The fourth-order valence-electron chi connectivity index (χ4n) is 4.63. The zero-order valence-corrected chi connectivity index (χ0v) is 14.4. The minimum Gasteiger partial charge on any atom is -0.508 e. The first kappa shape index (κ1) is 15.9. The highest BCUT2D eigenvalue weighted by atomic mass is 16.3. The maximum atomic E-state index is 9.70. The molecule has 3 nitrogen and oxygen atoms in total. The van der Waals surface area contributed by atoms with Crippen molar-refractivity contribution >= 4 is 10.8 Å². The van der Waals surface area contributed by atoms with E-state index < -0.39 is 0 Å². The van der Waals surface area contributed by atoms with Gasteiger partial charge in [-0.1, -0.05) is 37.5 Å². The Morgan fingerprint density at radius 2 is 1.62 bits per heavy atom. The molecule has 0 unspecified atom stereocenters. The predicted molar refractivity (Wildman–Crippen MR) is 99.4 cm³/mol. The summed E-state index contributed by atoms with van der Waals surface area (Å²) in [6.07, 6.45) is 6.90. The number of nitrogens with zero attached hydrogens (tertiary/aromatic N) is 1.